The summed E-state index contributed by atoms with van der Waals surface area (Å²) < 4.78 is 1.51. The molecule has 0 aliphatic carbocycles. The zero-order valence-electron chi connectivity index (χ0n) is 12.0. The van der Waals surface area contributed by atoms with Gasteiger partial charge in [0.05, 0.1) is 5.69 Å². The van der Waals surface area contributed by atoms with Crippen molar-refractivity contribution in [2.75, 3.05) is 5.32 Å². The van der Waals surface area contributed by atoms with Crippen LogP contribution in [-0.4, -0.2) is 25.7 Å². The molecule has 1 aromatic carbocycles. The first-order valence-electron chi connectivity index (χ1n) is 6.85. The summed E-state index contributed by atoms with van der Waals surface area (Å²) in [5.41, 5.74) is 2.14. The van der Waals surface area contributed by atoms with Crippen molar-refractivity contribution >= 4 is 22.4 Å². The average Bonchev–Trinajstić information content (AvgIpc) is 3.19. The third kappa shape index (κ3) is 3.37. The molecule has 6 nitrogen and oxygen atoms in total. The van der Waals surface area contributed by atoms with Crippen LogP contribution in [0.1, 0.15) is 24.2 Å². The summed E-state index contributed by atoms with van der Waals surface area (Å²) in [5, 5.41) is 9.34. The van der Waals surface area contributed by atoms with E-state index in [4.69, 9.17) is 0 Å². The van der Waals surface area contributed by atoms with E-state index in [1.165, 1.54) is 34.2 Å². The maximum absolute atomic E-state index is 12.1. The highest BCUT2D eigenvalue weighted by atomic mass is 32.1. The van der Waals surface area contributed by atoms with E-state index in [0.717, 1.165) is 12.1 Å². The number of amides is 1. The summed E-state index contributed by atoms with van der Waals surface area (Å²) in [6.07, 6.45) is 3.68. The summed E-state index contributed by atoms with van der Waals surface area (Å²) in [7, 11) is 0. The highest BCUT2D eigenvalue weighted by Gasteiger charge is 2.16. The van der Waals surface area contributed by atoms with Gasteiger partial charge in [-0.1, -0.05) is 30.3 Å². The summed E-state index contributed by atoms with van der Waals surface area (Å²) in [6.45, 7) is 1.77. The van der Waals surface area contributed by atoms with Gasteiger partial charge in [-0.25, -0.2) is 14.6 Å². The number of nitrogens with one attached hydrogen (secondary N) is 1. The molecule has 0 radical (unpaired) electrons. The molecule has 22 heavy (non-hydrogen) atoms. The predicted octanol–water partition coefficient (Wildman–Crippen LogP) is 2.53. The highest BCUT2D eigenvalue weighted by molar-refractivity contribution is 7.13. The smallest absolute Gasteiger partial charge is 0.250 e. The molecule has 2 heterocycles. The average molecular weight is 313 g/mol. The molecule has 112 valence electrons. The van der Waals surface area contributed by atoms with Crippen molar-refractivity contribution < 1.29 is 4.79 Å². The minimum absolute atomic E-state index is 0.161. The molecule has 1 amide bonds. The lowest BCUT2D eigenvalue weighted by atomic mass is 10.1. The minimum Gasteiger partial charge on any atom is -0.300 e. The lowest BCUT2D eigenvalue weighted by Gasteiger charge is -2.09. The molecule has 0 fully saturated rings. The van der Waals surface area contributed by atoms with Crippen molar-refractivity contribution in [1.29, 1.82) is 0 Å². The summed E-state index contributed by atoms with van der Waals surface area (Å²) >= 11 is 1.42. The standard InChI is InChI=1S/C15H15N5OS/c1-11(20-10-16-9-17-20)14(21)19-15-18-13(8-22-15)7-12-5-3-2-4-6-12/h2-6,8-11H,7H2,1H3,(H,18,19,21). The Morgan fingerprint density at radius 3 is 2.91 bits per heavy atom. The van der Waals surface area contributed by atoms with Gasteiger partial charge in [-0.15, -0.1) is 11.3 Å². The molecule has 3 aromatic rings. The van der Waals surface area contributed by atoms with E-state index >= 15 is 0 Å². The van der Waals surface area contributed by atoms with Gasteiger partial charge in [0.15, 0.2) is 5.13 Å². The van der Waals surface area contributed by atoms with E-state index < -0.39 is 6.04 Å². The SMILES string of the molecule is CC(C(=O)Nc1nc(Cc2ccccc2)cs1)n1cncn1. The van der Waals surface area contributed by atoms with Crippen LogP contribution in [0.5, 0.6) is 0 Å². The Balaban J connectivity index is 1.63. The zero-order chi connectivity index (χ0) is 15.4. The molecule has 3 rings (SSSR count). The summed E-state index contributed by atoms with van der Waals surface area (Å²) in [4.78, 5) is 20.4. The maximum atomic E-state index is 12.1. The molecule has 0 aliphatic rings. The largest absolute Gasteiger partial charge is 0.300 e. The molecular formula is C15H15N5OS. The van der Waals surface area contributed by atoms with Gasteiger partial charge in [0.1, 0.15) is 18.7 Å². The molecule has 1 atom stereocenters. The molecule has 0 saturated carbocycles. The van der Waals surface area contributed by atoms with Gasteiger partial charge in [0.2, 0.25) is 0 Å². The van der Waals surface area contributed by atoms with Gasteiger partial charge in [0, 0.05) is 11.8 Å². The molecule has 0 aliphatic heterocycles. The number of nitrogens with zero attached hydrogens (tertiary/aromatic N) is 4. The molecule has 2 aromatic heterocycles. The molecule has 0 bridgehead atoms. The number of hydrogen-bond acceptors (Lipinski definition) is 5. The van der Waals surface area contributed by atoms with Crippen LogP contribution in [0, 0.1) is 0 Å². The third-order valence-corrected chi connectivity index (χ3v) is 4.03. The number of hydrogen-bond donors (Lipinski definition) is 1. The minimum atomic E-state index is -0.427. The molecule has 1 unspecified atom stereocenters. The first-order chi connectivity index (χ1) is 10.7. The fourth-order valence-corrected chi connectivity index (χ4v) is 2.71. The van der Waals surface area contributed by atoms with Crippen LogP contribution in [0.15, 0.2) is 48.4 Å². The van der Waals surface area contributed by atoms with Crippen LogP contribution in [0.4, 0.5) is 5.13 Å². The number of benzene rings is 1. The van der Waals surface area contributed by atoms with Crippen molar-refractivity contribution in [2.24, 2.45) is 0 Å². The third-order valence-electron chi connectivity index (χ3n) is 3.22. The predicted molar refractivity (Wildman–Crippen MR) is 84.7 cm³/mol. The van der Waals surface area contributed by atoms with Crippen molar-refractivity contribution in [2.45, 2.75) is 19.4 Å². The molecule has 0 saturated heterocycles. The van der Waals surface area contributed by atoms with Crippen LogP contribution in [0.2, 0.25) is 0 Å². The van der Waals surface area contributed by atoms with Crippen LogP contribution in [0.3, 0.4) is 0 Å². The normalized spacial score (nSPS) is 12.0. The Kier molecular flexibility index (Phi) is 4.24. The number of rotatable bonds is 5. The first-order valence-corrected chi connectivity index (χ1v) is 7.73. The van der Waals surface area contributed by atoms with Gasteiger partial charge in [0.25, 0.3) is 5.91 Å². The number of anilines is 1. The van der Waals surface area contributed by atoms with Crippen LogP contribution in [-0.2, 0) is 11.2 Å². The van der Waals surface area contributed by atoms with E-state index in [1.807, 2.05) is 23.6 Å². The van der Waals surface area contributed by atoms with Crippen molar-refractivity contribution in [3.8, 4) is 0 Å². The number of aromatic nitrogens is 4. The highest BCUT2D eigenvalue weighted by Crippen LogP contribution is 2.19. The Hall–Kier alpha value is -2.54. The second-order valence-electron chi connectivity index (χ2n) is 4.85. The van der Waals surface area contributed by atoms with Crippen molar-refractivity contribution in [1.82, 2.24) is 19.7 Å². The molecule has 0 spiro atoms. The van der Waals surface area contributed by atoms with E-state index in [0.29, 0.717) is 5.13 Å². The van der Waals surface area contributed by atoms with Gasteiger partial charge >= 0.3 is 0 Å². The number of carbonyl (C=O) groups is 1. The van der Waals surface area contributed by atoms with Crippen molar-refractivity contribution in [3.05, 3.63) is 59.6 Å². The monoisotopic (exact) mass is 313 g/mol. The number of carbonyl (C=O) groups excluding carboxylic acids is 1. The Morgan fingerprint density at radius 1 is 1.36 bits per heavy atom. The zero-order valence-corrected chi connectivity index (χ0v) is 12.8. The molecule has 7 heteroatoms. The van der Waals surface area contributed by atoms with E-state index in [1.54, 1.807) is 6.92 Å². The molecule has 1 N–H and O–H groups in total. The van der Waals surface area contributed by atoms with E-state index in [2.05, 4.69) is 32.5 Å². The summed E-state index contributed by atoms with van der Waals surface area (Å²) in [5.74, 6) is -0.161. The Morgan fingerprint density at radius 2 is 2.18 bits per heavy atom. The fourth-order valence-electron chi connectivity index (χ4n) is 2.00. The van der Waals surface area contributed by atoms with Gasteiger partial charge in [-0.3, -0.25) is 4.79 Å². The molecular weight excluding hydrogens is 298 g/mol. The van der Waals surface area contributed by atoms with E-state index in [9.17, 15) is 4.79 Å². The van der Waals surface area contributed by atoms with Gasteiger partial charge in [-0.05, 0) is 12.5 Å². The number of thiazole rings is 1. The van der Waals surface area contributed by atoms with Crippen LogP contribution < -0.4 is 5.32 Å². The fraction of sp³-hybridized carbons (Fsp3) is 0.200. The van der Waals surface area contributed by atoms with Crippen LogP contribution in [0.25, 0.3) is 0 Å². The van der Waals surface area contributed by atoms with E-state index in [-0.39, 0.29) is 5.91 Å². The topological polar surface area (TPSA) is 72.7 Å². The van der Waals surface area contributed by atoms with Gasteiger partial charge < -0.3 is 5.32 Å². The lowest BCUT2D eigenvalue weighted by molar-refractivity contribution is -0.119. The second kappa shape index (κ2) is 6.48. The van der Waals surface area contributed by atoms with Crippen LogP contribution >= 0.6 is 11.3 Å². The lowest BCUT2D eigenvalue weighted by Crippen LogP contribution is -2.23. The Labute approximate surface area is 131 Å². The second-order valence-corrected chi connectivity index (χ2v) is 5.71. The first kappa shape index (κ1) is 14.4. The Bertz CT molecular complexity index is 738. The van der Waals surface area contributed by atoms with Crippen molar-refractivity contribution in [3.63, 3.8) is 0 Å². The van der Waals surface area contributed by atoms with Gasteiger partial charge in [-0.2, -0.15) is 5.10 Å². The maximum Gasteiger partial charge on any atom is 0.250 e. The summed E-state index contributed by atoms with van der Waals surface area (Å²) in [6, 6.07) is 9.69. The quantitative estimate of drug-likeness (QED) is 0.785.